The maximum Gasteiger partial charge on any atom is 0.344 e. The number of aliphatic hydroxyl groups excluding tert-OH is 1. The number of aliphatic hydroxyl groups is 1. The molecule has 1 saturated heterocycles. The fourth-order valence-electron chi connectivity index (χ4n) is 2.88. The number of carbonyl (C=O) groups is 1. The van der Waals surface area contributed by atoms with Gasteiger partial charge in [-0.2, -0.15) is 0 Å². The van der Waals surface area contributed by atoms with E-state index in [-0.39, 0.29) is 13.2 Å². The molecule has 0 aromatic heterocycles. The van der Waals surface area contributed by atoms with Gasteiger partial charge >= 0.3 is 5.97 Å². The average molecular weight is 276 g/mol. The van der Waals surface area contributed by atoms with Gasteiger partial charge in [-0.25, -0.2) is 4.79 Å². The monoisotopic (exact) mass is 276 g/mol. The first-order valence-electron chi connectivity index (χ1n) is 6.58. The topological polar surface area (TPSA) is 65.0 Å². The highest BCUT2D eigenvalue weighted by Gasteiger charge is 2.73. The van der Waals surface area contributed by atoms with Crippen molar-refractivity contribution in [2.45, 2.75) is 18.3 Å². The molecule has 0 radical (unpaired) electrons. The number of carbonyl (C=O) groups excluding carboxylic acids is 1. The molecule has 5 heteroatoms. The smallest absolute Gasteiger partial charge is 0.344 e. The van der Waals surface area contributed by atoms with Gasteiger partial charge in [0, 0.05) is 0 Å². The van der Waals surface area contributed by atoms with E-state index in [2.05, 4.69) is 0 Å². The lowest BCUT2D eigenvalue weighted by Gasteiger charge is -2.55. The molecule has 3 rings (SSSR count). The first-order chi connectivity index (χ1) is 9.69. The van der Waals surface area contributed by atoms with Gasteiger partial charge in [0.1, 0.15) is 6.61 Å². The molecule has 0 aliphatic carbocycles. The molecule has 1 aromatic rings. The number of ether oxygens (including phenoxy) is 3. The van der Waals surface area contributed by atoms with Crippen molar-refractivity contribution in [1.29, 1.82) is 0 Å². The lowest BCUT2D eigenvalue weighted by Crippen LogP contribution is -2.70. The Morgan fingerprint density at radius 1 is 1.40 bits per heavy atom. The molecule has 0 bridgehead atoms. The second-order valence-corrected chi connectivity index (χ2v) is 4.82. The molecule has 1 fully saturated rings. The largest absolute Gasteiger partial charge is 0.467 e. The summed E-state index contributed by atoms with van der Waals surface area (Å²) >= 11 is 0. The van der Waals surface area contributed by atoms with Crippen LogP contribution >= 0.6 is 0 Å². The molecule has 0 spiro atoms. The van der Waals surface area contributed by atoms with Crippen LogP contribution in [0.5, 0.6) is 0 Å². The summed E-state index contributed by atoms with van der Waals surface area (Å²) in [5.41, 5.74) is -0.546. The van der Waals surface area contributed by atoms with E-state index in [4.69, 9.17) is 14.2 Å². The first-order valence-corrected chi connectivity index (χ1v) is 6.58. The molecule has 5 nitrogen and oxygen atoms in total. The molecular weight excluding hydrogens is 260 g/mol. The van der Waals surface area contributed by atoms with Crippen molar-refractivity contribution in [3.05, 3.63) is 48.2 Å². The Morgan fingerprint density at radius 3 is 2.80 bits per heavy atom. The summed E-state index contributed by atoms with van der Waals surface area (Å²) in [5, 5.41) is 9.50. The minimum absolute atomic E-state index is 0.264. The van der Waals surface area contributed by atoms with Crippen molar-refractivity contribution in [3.8, 4) is 0 Å². The molecule has 2 heterocycles. The maximum absolute atomic E-state index is 12.4. The van der Waals surface area contributed by atoms with E-state index in [0.717, 1.165) is 0 Å². The molecule has 2 aliphatic heterocycles. The van der Waals surface area contributed by atoms with Gasteiger partial charge in [0.2, 0.25) is 11.4 Å². The van der Waals surface area contributed by atoms with Crippen LogP contribution in [-0.2, 0) is 24.6 Å². The van der Waals surface area contributed by atoms with E-state index in [0.29, 0.717) is 5.56 Å². The van der Waals surface area contributed by atoms with Crippen LogP contribution in [0.2, 0.25) is 0 Å². The molecule has 0 saturated carbocycles. The molecule has 106 valence electrons. The normalized spacial score (nSPS) is 34.0. The molecular formula is C15H16O5. The van der Waals surface area contributed by atoms with Gasteiger partial charge in [0.15, 0.2) is 0 Å². The summed E-state index contributed by atoms with van der Waals surface area (Å²) in [5.74, 6) is -2.03. The van der Waals surface area contributed by atoms with Crippen LogP contribution in [0.1, 0.15) is 12.5 Å². The average Bonchev–Trinajstić information content (AvgIpc) is 2.80. The zero-order chi connectivity index (χ0) is 14.2. The highest BCUT2D eigenvalue weighted by atomic mass is 16.8. The second kappa shape index (κ2) is 4.61. The molecule has 20 heavy (non-hydrogen) atoms. The lowest BCUT2D eigenvalue weighted by atomic mass is 9.71. The zero-order valence-corrected chi connectivity index (χ0v) is 11.1. The highest BCUT2D eigenvalue weighted by molar-refractivity contribution is 5.84. The number of benzene rings is 1. The molecule has 2 aliphatic rings. The van der Waals surface area contributed by atoms with E-state index >= 15 is 0 Å². The van der Waals surface area contributed by atoms with Gasteiger partial charge in [-0.15, -0.1) is 0 Å². The molecule has 1 aromatic carbocycles. The van der Waals surface area contributed by atoms with E-state index in [1.807, 2.05) is 30.3 Å². The Morgan fingerprint density at radius 2 is 2.15 bits per heavy atom. The molecule has 0 unspecified atom stereocenters. The Kier molecular flexibility index (Phi) is 3.03. The van der Waals surface area contributed by atoms with Crippen LogP contribution in [0.15, 0.2) is 42.7 Å². The quantitative estimate of drug-likeness (QED) is 0.840. The summed E-state index contributed by atoms with van der Waals surface area (Å²) in [6.45, 7) is 1.69. The molecule has 0 amide bonds. The Balaban J connectivity index is 2.04. The number of hydrogen-bond donors (Lipinski definition) is 1. The Labute approximate surface area is 116 Å². The standard InChI is InChI=1S/C15H16O5/c1-2-18-13(17)15(11-6-4-3-5-7-11)12-8-9-19-14(12,10-16)20-15/h3-9,12,16H,2,10H2,1H3/t12-,14-,15-/m0/s1. The summed E-state index contributed by atoms with van der Waals surface area (Å²) < 4.78 is 16.3. The fourth-order valence-corrected chi connectivity index (χ4v) is 2.88. The van der Waals surface area contributed by atoms with Gasteiger partial charge in [-0.3, -0.25) is 0 Å². The van der Waals surface area contributed by atoms with Crippen molar-refractivity contribution in [2.75, 3.05) is 13.2 Å². The molecule has 3 atom stereocenters. The third-order valence-electron chi connectivity index (χ3n) is 3.79. The van der Waals surface area contributed by atoms with Crippen molar-refractivity contribution in [3.63, 3.8) is 0 Å². The SMILES string of the molecule is CCOC(=O)[C@@]1(c2ccccc2)O[C@]2(CO)OC=C[C@@H]21. The maximum atomic E-state index is 12.4. The highest BCUT2D eigenvalue weighted by Crippen LogP contribution is 2.57. The van der Waals surface area contributed by atoms with Gasteiger partial charge < -0.3 is 19.3 Å². The third-order valence-corrected chi connectivity index (χ3v) is 3.79. The minimum Gasteiger partial charge on any atom is -0.467 e. The summed E-state index contributed by atoms with van der Waals surface area (Å²) in [4.78, 5) is 12.4. The van der Waals surface area contributed by atoms with Crippen LogP contribution in [0.4, 0.5) is 0 Å². The summed E-state index contributed by atoms with van der Waals surface area (Å²) in [7, 11) is 0. The number of fused-ring (bicyclic) bond motifs is 1. The van der Waals surface area contributed by atoms with Gasteiger partial charge in [0.05, 0.1) is 18.8 Å². The number of rotatable bonds is 4. The van der Waals surface area contributed by atoms with Crippen LogP contribution in [0.3, 0.4) is 0 Å². The van der Waals surface area contributed by atoms with Gasteiger partial charge in [-0.05, 0) is 18.6 Å². The minimum atomic E-state index is -1.24. The van der Waals surface area contributed by atoms with Crippen LogP contribution in [0.25, 0.3) is 0 Å². The van der Waals surface area contributed by atoms with E-state index < -0.39 is 23.3 Å². The predicted octanol–water partition coefficient (Wildman–Crippen LogP) is 1.32. The van der Waals surface area contributed by atoms with Crippen LogP contribution in [-0.4, -0.2) is 30.1 Å². The lowest BCUT2D eigenvalue weighted by molar-refractivity contribution is -0.394. The number of hydrogen-bond acceptors (Lipinski definition) is 5. The Bertz CT molecular complexity index is 540. The van der Waals surface area contributed by atoms with Crippen molar-refractivity contribution >= 4 is 5.97 Å². The Hall–Kier alpha value is -1.85. The van der Waals surface area contributed by atoms with Crippen molar-refractivity contribution in [1.82, 2.24) is 0 Å². The summed E-state index contributed by atoms with van der Waals surface area (Å²) in [6, 6.07) is 9.15. The molecule has 1 N–H and O–H groups in total. The van der Waals surface area contributed by atoms with Gasteiger partial charge in [0.25, 0.3) is 0 Å². The van der Waals surface area contributed by atoms with Crippen molar-refractivity contribution in [2.24, 2.45) is 5.92 Å². The van der Waals surface area contributed by atoms with Crippen LogP contribution in [0, 0.1) is 5.92 Å². The zero-order valence-electron chi connectivity index (χ0n) is 11.1. The van der Waals surface area contributed by atoms with Crippen LogP contribution < -0.4 is 0 Å². The number of esters is 1. The summed E-state index contributed by atoms with van der Waals surface area (Å²) in [6.07, 6.45) is 3.20. The second-order valence-electron chi connectivity index (χ2n) is 4.82. The van der Waals surface area contributed by atoms with Gasteiger partial charge in [-0.1, -0.05) is 30.3 Å². The van der Waals surface area contributed by atoms with E-state index in [1.165, 1.54) is 6.26 Å². The van der Waals surface area contributed by atoms with E-state index in [1.54, 1.807) is 13.0 Å². The van der Waals surface area contributed by atoms with E-state index in [9.17, 15) is 9.90 Å². The fraction of sp³-hybridized carbons (Fsp3) is 0.400. The van der Waals surface area contributed by atoms with Crippen molar-refractivity contribution < 1.29 is 24.1 Å². The third kappa shape index (κ3) is 1.53. The first kappa shape index (κ1) is 13.1. The predicted molar refractivity (Wildman–Crippen MR) is 69.4 cm³/mol.